The predicted octanol–water partition coefficient (Wildman–Crippen LogP) is 7.93. The number of rotatable bonds is 0. The average Bonchev–Trinajstić information content (AvgIpc) is 3.49. The van der Waals surface area contributed by atoms with E-state index in [1.54, 1.807) is 0 Å². The second kappa shape index (κ2) is 7.58. The minimum atomic E-state index is 0.0755. The summed E-state index contributed by atoms with van der Waals surface area (Å²) in [5, 5.41) is 5.57. The summed E-state index contributed by atoms with van der Waals surface area (Å²) >= 11 is 0. The van der Waals surface area contributed by atoms with Gasteiger partial charge in [-0.15, -0.1) is 0 Å². The topological polar surface area (TPSA) is 9.86 Å². The molecule has 0 unspecified atom stereocenters. The molecule has 0 amide bonds. The molecule has 7 aromatic rings. The van der Waals surface area contributed by atoms with E-state index in [9.17, 15) is 0 Å². The Labute approximate surface area is 247 Å². The first kappa shape index (κ1) is 24.4. The van der Waals surface area contributed by atoms with Crippen LogP contribution in [0.2, 0.25) is 0 Å². The van der Waals surface area contributed by atoms with Gasteiger partial charge in [0.1, 0.15) is 0 Å². The van der Waals surface area contributed by atoms with Gasteiger partial charge in [-0.25, -0.2) is 0 Å². The van der Waals surface area contributed by atoms with Crippen LogP contribution in [-0.4, -0.2) is 15.8 Å². The summed E-state index contributed by atoms with van der Waals surface area (Å²) in [4.78, 5) is 0. The van der Waals surface area contributed by atoms with Crippen LogP contribution >= 0.6 is 0 Å². The lowest BCUT2D eigenvalue weighted by atomic mass is 9.34. The summed E-state index contributed by atoms with van der Waals surface area (Å²) in [5.74, 6) is 0. The maximum atomic E-state index is 2.58. The Hall–Kier alpha value is -4.24. The molecule has 0 bridgehead atoms. The van der Waals surface area contributed by atoms with E-state index in [-0.39, 0.29) is 17.5 Å². The van der Waals surface area contributed by atoms with Crippen LogP contribution in [-0.2, 0) is 10.8 Å². The quantitative estimate of drug-likeness (QED) is 0.172. The van der Waals surface area contributed by atoms with Crippen LogP contribution < -0.4 is 16.4 Å². The number of para-hydroxylation sites is 2. The highest BCUT2D eigenvalue weighted by atomic mass is 15.0. The minimum absolute atomic E-state index is 0.0755. The van der Waals surface area contributed by atoms with Crippen molar-refractivity contribution in [2.45, 2.75) is 59.3 Å². The van der Waals surface area contributed by atoms with Gasteiger partial charge in [0.2, 0.25) is 0 Å². The first-order valence-corrected chi connectivity index (χ1v) is 15.3. The first-order valence-electron chi connectivity index (χ1n) is 15.3. The molecule has 9 rings (SSSR count). The Morgan fingerprint density at radius 3 is 1.40 bits per heavy atom. The van der Waals surface area contributed by atoms with E-state index in [1.807, 2.05) is 0 Å². The summed E-state index contributed by atoms with van der Waals surface area (Å²) < 4.78 is 5.17. The lowest BCUT2D eigenvalue weighted by Crippen LogP contribution is -2.59. The zero-order chi connectivity index (χ0) is 28.9. The van der Waals surface area contributed by atoms with Gasteiger partial charge < -0.3 is 9.13 Å². The number of aryl methyl sites for hydroxylation is 1. The molecular formula is C39H35BN2. The minimum Gasteiger partial charge on any atom is -0.310 e. The third kappa shape index (κ3) is 2.82. The standard InChI is InChI=1S/C39H35BN2/c1-22-33-25-20-23(38(2,3)4)16-18-29(25)41-31-14-10-8-12-27(31)40-28-13-9-11-15-32(28)42-30-19-17-24(39(5,6)7)21-26(30)34(22)37(42)35(40)36(33)41/h8-21H,1-7H3. The number of aromatic nitrogens is 2. The highest BCUT2D eigenvalue weighted by molar-refractivity contribution is 7.00. The van der Waals surface area contributed by atoms with Crippen LogP contribution in [0.4, 0.5) is 0 Å². The van der Waals surface area contributed by atoms with Crippen LogP contribution in [0.15, 0.2) is 84.9 Å². The van der Waals surface area contributed by atoms with Crippen LogP contribution in [0, 0.1) is 6.92 Å². The van der Waals surface area contributed by atoms with Gasteiger partial charge in [0.15, 0.2) is 0 Å². The molecule has 204 valence electrons. The number of fused-ring (bicyclic) bond motifs is 12. The third-order valence-electron chi connectivity index (χ3n) is 10.2. The number of nitrogens with zero attached hydrogens (tertiary/aromatic N) is 2. The second-order valence-electron chi connectivity index (χ2n) is 14.7. The van der Waals surface area contributed by atoms with Gasteiger partial charge in [0.05, 0.1) is 22.1 Å². The molecule has 0 N–H and O–H groups in total. The molecule has 2 aliphatic heterocycles. The molecule has 42 heavy (non-hydrogen) atoms. The van der Waals surface area contributed by atoms with Crippen molar-refractivity contribution in [3.63, 3.8) is 0 Å². The summed E-state index contributed by atoms with van der Waals surface area (Å²) in [6.07, 6.45) is 0. The molecule has 0 spiro atoms. The smallest absolute Gasteiger partial charge is 0.252 e. The van der Waals surface area contributed by atoms with Gasteiger partial charge in [0, 0.05) is 32.9 Å². The van der Waals surface area contributed by atoms with Gasteiger partial charge in [-0.2, -0.15) is 0 Å². The fourth-order valence-corrected chi connectivity index (χ4v) is 8.14. The Balaban J connectivity index is 1.61. The molecular weight excluding hydrogens is 507 g/mol. The van der Waals surface area contributed by atoms with Crippen molar-refractivity contribution in [3.8, 4) is 11.4 Å². The van der Waals surface area contributed by atoms with Crippen molar-refractivity contribution in [1.29, 1.82) is 0 Å². The maximum absolute atomic E-state index is 2.58. The van der Waals surface area contributed by atoms with Crippen LogP contribution in [0.5, 0.6) is 0 Å². The van der Waals surface area contributed by atoms with E-state index >= 15 is 0 Å². The van der Waals surface area contributed by atoms with Gasteiger partial charge in [-0.3, -0.25) is 0 Å². The van der Waals surface area contributed by atoms with Crippen molar-refractivity contribution in [3.05, 3.63) is 102 Å². The molecule has 2 nitrogen and oxygen atoms in total. The van der Waals surface area contributed by atoms with E-state index in [1.165, 1.54) is 88.1 Å². The Morgan fingerprint density at radius 1 is 0.548 bits per heavy atom. The van der Waals surface area contributed by atoms with Crippen molar-refractivity contribution in [2.24, 2.45) is 0 Å². The fourth-order valence-electron chi connectivity index (χ4n) is 8.14. The molecule has 0 saturated carbocycles. The van der Waals surface area contributed by atoms with Crippen molar-refractivity contribution >= 4 is 66.7 Å². The molecule has 0 aliphatic carbocycles. The zero-order valence-electron chi connectivity index (χ0n) is 25.6. The summed E-state index contributed by atoms with van der Waals surface area (Å²) in [6.45, 7) is 16.5. The van der Waals surface area contributed by atoms with Gasteiger partial charge in [-0.1, -0.05) is 90.1 Å². The average molecular weight is 543 g/mol. The van der Waals surface area contributed by atoms with E-state index in [2.05, 4.69) is 143 Å². The molecule has 4 heterocycles. The largest absolute Gasteiger partial charge is 0.310 e. The molecule has 2 aromatic heterocycles. The first-order chi connectivity index (χ1) is 20.1. The summed E-state index contributed by atoms with van der Waals surface area (Å²) in [5.41, 5.74) is 16.6. The third-order valence-corrected chi connectivity index (χ3v) is 10.2. The Morgan fingerprint density at radius 2 is 0.976 bits per heavy atom. The zero-order valence-corrected chi connectivity index (χ0v) is 25.6. The van der Waals surface area contributed by atoms with Gasteiger partial charge >= 0.3 is 0 Å². The van der Waals surface area contributed by atoms with Gasteiger partial charge in [0.25, 0.3) is 6.71 Å². The number of benzene rings is 5. The number of hydrogen-bond donors (Lipinski definition) is 0. The van der Waals surface area contributed by atoms with E-state index in [4.69, 9.17) is 0 Å². The molecule has 5 aromatic carbocycles. The van der Waals surface area contributed by atoms with Crippen LogP contribution in [0.25, 0.3) is 55.0 Å². The molecule has 0 saturated heterocycles. The van der Waals surface area contributed by atoms with Gasteiger partial charge in [-0.05, 0) is 87.2 Å². The van der Waals surface area contributed by atoms with Crippen LogP contribution in [0.1, 0.15) is 58.2 Å². The number of hydrogen-bond acceptors (Lipinski definition) is 0. The summed E-state index contributed by atoms with van der Waals surface area (Å²) in [6, 6.07) is 32.7. The lowest BCUT2D eigenvalue weighted by molar-refractivity contribution is 0.591. The van der Waals surface area contributed by atoms with Crippen LogP contribution in [0.3, 0.4) is 0 Å². The monoisotopic (exact) mass is 542 g/mol. The second-order valence-corrected chi connectivity index (χ2v) is 14.7. The Bertz CT molecular complexity index is 2170. The lowest BCUT2D eigenvalue weighted by Gasteiger charge is -2.33. The molecule has 3 heteroatoms. The maximum Gasteiger partial charge on any atom is 0.252 e. The van der Waals surface area contributed by atoms with Crippen molar-refractivity contribution < 1.29 is 0 Å². The normalized spacial score (nSPS) is 14.0. The Kier molecular flexibility index (Phi) is 4.40. The SMILES string of the molecule is Cc1c2c3cc(C(C)(C)C)ccc3n3c2c2c4c1c1cc(C(C)(C)C)ccc1n4-c1ccccc1B2c1ccccc1-3. The molecule has 0 fully saturated rings. The molecule has 0 atom stereocenters. The predicted molar refractivity (Wildman–Crippen MR) is 182 cm³/mol. The fraction of sp³-hybridized carbons (Fsp3) is 0.231. The highest BCUT2D eigenvalue weighted by Gasteiger charge is 2.41. The van der Waals surface area contributed by atoms with E-state index < -0.39 is 0 Å². The molecule has 0 radical (unpaired) electrons. The highest BCUT2D eigenvalue weighted by Crippen LogP contribution is 2.45. The molecule has 2 aliphatic rings. The van der Waals surface area contributed by atoms with Crippen molar-refractivity contribution in [1.82, 2.24) is 9.13 Å². The summed E-state index contributed by atoms with van der Waals surface area (Å²) in [7, 11) is 0. The van der Waals surface area contributed by atoms with Crippen molar-refractivity contribution in [2.75, 3.05) is 0 Å². The van der Waals surface area contributed by atoms with E-state index in [0.717, 1.165) is 0 Å². The van der Waals surface area contributed by atoms with E-state index in [0.29, 0.717) is 0 Å².